The van der Waals surface area contributed by atoms with Gasteiger partial charge in [0.1, 0.15) is 6.54 Å². The molecule has 170 valence electrons. The molecule has 1 N–H and O–H groups in total. The first-order chi connectivity index (χ1) is 13.6. The third-order valence-corrected chi connectivity index (χ3v) is 4.74. The fraction of sp³-hybridized carbons (Fsp3) is 0.826. The number of aliphatic hydroxyl groups is 1. The van der Waals surface area contributed by atoms with Gasteiger partial charge in [0.05, 0.1) is 27.2 Å². The molecule has 0 heterocycles. The summed E-state index contributed by atoms with van der Waals surface area (Å²) in [6.45, 7) is 2.60. The first kappa shape index (κ1) is 27.6. The Balaban J connectivity index is 3.96. The average Bonchev–Trinajstić information content (AvgIpc) is 2.59. The normalized spacial score (nSPS) is 14.1. The van der Waals surface area contributed by atoms with Crippen molar-refractivity contribution in [3.63, 3.8) is 0 Å². The van der Waals surface area contributed by atoms with Crippen molar-refractivity contribution in [2.75, 3.05) is 27.7 Å². The second-order valence-electron chi connectivity index (χ2n) is 9.01. The number of aliphatic carboxylic acids is 1. The number of rotatable bonds is 18. The van der Waals surface area contributed by atoms with Gasteiger partial charge in [-0.1, -0.05) is 71.1 Å². The van der Waals surface area contributed by atoms with Crippen molar-refractivity contribution in [1.82, 2.24) is 0 Å². The number of carboxylic acid groups (broad SMARTS) is 1. The minimum absolute atomic E-state index is 0.337. The zero-order chi connectivity index (χ0) is 22.1. The molecule has 0 saturated carbocycles. The number of carbonyl (C=O) groups excluding carboxylic acids is 2. The second-order valence-corrected chi connectivity index (χ2v) is 9.01. The smallest absolute Gasteiger partial charge is 0.331 e. The average molecular weight is 414 g/mol. The topological polar surface area (TPSA) is 86.7 Å². The van der Waals surface area contributed by atoms with Gasteiger partial charge in [-0.15, -0.1) is 0 Å². The summed E-state index contributed by atoms with van der Waals surface area (Å²) in [5.74, 6) is -1.88. The highest BCUT2D eigenvalue weighted by atomic mass is 16.5. The molecule has 0 saturated heterocycles. The maximum atomic E-state index is 11.9. The molecule has 0 bridgehead atoms. The van der Waals surface area contributed by atoms with Crippen molar-refractivity contribution in [1.29, 1.82) is 0 Å². The third-order valence-electron chi connectivity index (χ3n) is 4.74. The number of aliphatic hydroxyl groups excluding tert-OH is 1. The minimum atomic E-state index is -1.25. The molecular weight excluding hydrogens is 370 g/mol. The van der Waals surface area contributed by atoms with Crippen LogP contribution in [0.25, 0.3) is 0 Å². The number of unbranched alkanes of at least 4 members (excludes halogenated alkanes) is 9. The van der Waals surface area contributed by atoms with Crippen LogP contribution >= 0.6 is 0 Å². The molecule has 0 aromatic carbocycles. The largest absolute Gasteiger partial charge is 0.550 e. The summed E-state index contributed by atoms with van der Waals surface area (Å²) in [5.41, 5.74) is 0. The summed E-state index contributed by atoms with van der Waals surface area (Å²) in [4.78, 5) is 22.8. The molecule has 0 aliphatic carbocycles. The Bertz CT molecular complexity index is 470. The Kier molecular flexibility index (Phi) is 15.6. The van der Waals surface area contributed by atoms with E-state index in [-0.39, 0.29) is 6.42 Å². The van der Waals surface area contributed by atoms with E-state index in [2.05, 4.69) is 6.92 Å². The van der Waals surface area contributed by atoms with Crippen LogP contribution in [0, 0.1) is 0 Å². The molecule has 0 aromatic rings. The van der Waals surface area contributed by atoms with E-state index in [1.54, 1.807) is 0 Å². The van der Waals surface area contributed by atoms with E-state index < -0.39 is 24.1 Å². The summed E-state index contributed by atoms with van der Waals surface area (Å²) in [7, 11) is 5.67. The molecule has 0 amide bonds. The number of likely N-dealkylation sites (N-methyl/N-ethyl adjacent to an activating group) is 1. The number of nitrogens with zero attached hydrogens (tertiary/aromatic N) is 1. The van der Waals surface area contributed by atoms with Gasteiger partial charge < -0.3 is 24.2 Å². The highest BCUT2D eigenvalue weighted by molar-refractivity contribution is 5.82. The lowest BCUT2D eigenvalue weighted by molar-refractivity contribution is -0.873. The van der Waals surface area contributed by atoms with Crippen molar-refractivity contribution in [2.45, 2.75) is 96.2 Å². The predicted octanol–water partition coefficient (Wildman–Crippen LogP) is 2.97. The number of hydrogen-bond donors (Lipinski definition) is 1. The summed E-state index contributed by atoms with van der Waals surface area (Å²) in [6, 6.07) is 0. The number of ether oxygens (including phenoxy) is 1. The Morgan fingerprint density at radius 2 is 1.48 bits per heavy atom. The molecule has 29 heavy (non-hydrogen) atoms. The van der Waals surface area contributed by atoms with Gasteiger partial charge in [-0.25, -0.2) is 4.79 Å². The van der Waals surface area contributed by atoms with Crippen molar-refractivity contribution >= 4 is 11.9 Å². The Labute approximate surface area is 177 Å². The van der Waals surface area contributed by atoms with Crippen LogP contribution in [0.15, 0.2) is 12.2 Å². The molecule has 0 aliphatic rings. The zero-order valence-electron chi connectivity index (χ0n) is 19.0. The van der Waals surface area contributed by atoms with Crippen LogP contribution < -0.4 is 5.11 Å². The molecule has 0 aliphatic heterocycles. The van der Waals surface area contributed by atoms with Gasteiger partial charge >= 0.3 is 5.97 Å². The lowest BCUT2D eigenvalue weighted by Gasteiger charge is -2.29. The van der Waals surface area contributed by atoms with Gasteiger partial charge in [0.25, 0.3) is 0 Å². The van der Waals surface area contributed by atoms with Crippen LogP contribution in [0.4, 0.5) is 0 Å². The highest BCUT2D eigenvalue weighted by Gasteiger charge is 2.21. The lowest BCUT2D eigenvalue weighted by Crippen LogP contribution is -2.45. The SMILES string of the molecule is CCCCCCCCCCCCC(O)/C=C/C(=O)OC(CC(=O)[O-])C[N+](C)(C)C. The van der Waals surface area contributed by atoms with Crippen LogP contribution in [0.3, 0.4) is 0 Å². The minimum Gasteiger partial charge on any atom is -0.550 e. The molecule has 0 radical (unpaired) electrons. The zero-order valence-corrected chi connectivity index (χ0v) is 19.0. The van der Waals surface area contributed by atoms with Gasteiger partial charge in [-0.3, -0.25) is 0 Å². The Morgan fingerprint density at radius 3 is 1.97 bits per heavy atom. The number of carboxylic acids is 1. The number of carbonyl (C=O) groups is 2. The summed E-state index contributed by atoms with van der Waals surface area (Å²) in [6.07, 6.45) is 13.8. The summed E-state index contributed by atoms with van der Waals surface area (Å²) in [5, 5.41) is 20.8. The third kappa shape index (κ3) is 19.7. The molecule has 2 unspecified atom stereocenters. The van der Waals surface area contributed by atoms with E-state index in [0.717, 1.165) is 12.8 Å². The second kappa shape index (κ2) is 16.4. The molecule has 0 fully saturated rings. The van der Waals surface area contributed by atoms with Crippen molar-refractivity contribution in [3.05, 3.63) is 12.2 Å². The molecule has 6 nitrogen and oxygen atoms in total. The fourth-order valence-corrected chi connectivity index (χ4v) is 3.27. The molecule has 0 spiro atoms. The van der Waals surface area contributed by atoms with E-state index in [1.165, 1.54) is 63.5 Å². The van der Waals surface area contributed by atoms with Gasteiger partial charge in [-0.2, -0.15) is 0 Å². The van der Waals surface area contributed by atoms with Crippen molar-refractivity contribution < 1.29 is 29.0 Å². The van der Waals surface area contributed by atoms with Crippen LogP contribution in [-0.2, 0) is 14.3 Å². The fourth-order valence-electron chi connectivity index (χ4n) is 3.27. The maximum Gasteiger partial charge on any atom is 0.331 e. The van der Waals surface area contributed by atoms with E-state index in [9.17, 15) is 19.8 Å². The molecular formula is C23H43NO5. The first-order valence-electron chi connectivity index (χ1n) is 11.2. The maximum absolute atomic E-state index is 11.9. The van der Waals surface area contributed by atoms with Crippen molar-refractivity contribution in [2.24, 2.45) is 0 Å². The van der Waals surface area contributed by atoms with Gasteiger partial charge in [0, 0.05) is 18.5 Å². The Morgan fingerprint density at radius 1 is 0.966 bits per heavy atom. The predicted molar refractivity (Wildman–Crippen MR) is 114 cm³/mol. The van der Waals surface area contributed by atoms with E-state index in [1.807, 2.05) is 21.1 Å². The highest BCUT2D eigenvalue weighted by Crippen LogP contribution is 2.12. The number of esters is 1. The van der Waals surface area contributed by atoms with Crippen LogP contribution in [0.1, 0.15) is 84.0 Å². The van der Waals surface area contributed by atoms with Crippen LogP contribution in [0.2, 0.25) is 0 Å². The first-order valence-corrected chi connectivity index (χ1v) is 11.2. The monoisotopic (exact) mass is 413 g/mol. The van der Waals surface area contributed by atoms with E-state index >= 15 is 0 Å². The molecule has 2 atom stereocenters. The molecule has 6 heteroatoms. The summed E-state index contributed by atoms with van der Waals surface area (Å²) >= 11 is 0. The molecule has 0 aromatic heterocycles. The van der Waals surface area contributed by atoms with Crippen molar-refractivity contribution in [3.8, 4) is 0 Å². The molecule has 0 rings (SSSR count). The quantitative estimate of drug-likeness (QED) is 0.162. The number of quaternary nitrogens is 1. The summed E-state index contributed by atoms with van der Waals surface area (Å²) < 4.78 is 5.69. The van der Waals surface area contributed by atoms with Crippen LogP contribution in [0.5, 0.6) is 0 Å². The number of hydrogen-bond acceptors (Lipinski definition) is 5. The van der Waals surface area contributed by atoms with E-state index in [4.69, 9.17) is 4.74 Å². The Hall–Kier alpha value is -1.40. The van der Waals surface area contributed by atoms with Gasteiger partial charge in [0.2, 0.25) is 0 Å². The lowest BCUT2D eigenvalue weighted by atomic mass is 10.0. The van der Waals surface area contributed by atoms with Gasteiger partial charge in [-0.05, 0) is 12.5 Å². The van der Waals surface area contributed by atoms with Gasteiger partial charge in [0.15, 0.2) is 6.10 Å². The van der Waals surface area contributed by atoms with Crippen LogP contribution in [-0.4, -0.2) is 61.4 Å². The van der Waals surface area contributed by atoms with E-state index in [0.29, 0.717) is 17.4 Å². The standard InChI is InChI=1S/C23H43NO5/c1-5-6-7-8-9-10-11-12-13-14-15-20(25)16-17-23(28)29-21(18-22(26)27)19-24(2,3)4/h16-17,20-21,25H,5-15,18-19H2,1-4H3/b17-16+.